The van der Waals surface area contributed by atoms with Crippen molar-refractivity contribution in [2.75, 3.05) is 13.2 Å². The van der Waals surface area contributed by atoms with Crippen LogP contribution in [0.15, 0.2) is 30.3 Å². The number of rotatable bonds is 5. The van der Waals surface area contributed by atoms with E-state index in [1.165, 1.54) is 0 Å². The van der Waals surface area contributed by atoms with Gasteiger partial charge in [-0.15, -0.1) is 0 Å². The number of nitrogens with one attached hydrogen (secondary N) is 1. The molecule has 1 aromatic rings. The molecule has 1 saturated heterocycles. The summed E-state index contributed by atoms with van der Waals surface area (Å²) in [7, 11) is 0. The SMILES string of the molecule is O=C(CC(C(=O)[O-])c1ccccc1)NC1CCOCC1.[Li+]. The van der Waals surface area contributed by atoms with E-state index in [4.69, 9.17) is 4.74 Å². The van der Waals surface area contributed by atoms with E-state index in [0.717, 1.165) is 12.8 Å². The Bertz CT molecular complexity index is 460. The van der Waals surface area contributed by atoms with Crippen LogP contribution < -0.4 is 29.3 Å². The van der Waals surface area contributed by atoms with Gasteiger partial charge in [0.2, 0.25) is 5.91 Å². The molecule has 1 unspecified atom stereocenters. The normalized spacial score (nSPS) is 16.6. The summed E-state index contributed by atoms with van der Waals surface area (Å²) < 4.78 is 5.21. The predicted molar refractivity (Wildman–Crippen MR) is 70.8 cm³/mol. The van der Waals surface area contributed by atoms with Crippen LogP contribution in [0, 0.1) is 0 Å². The van der Waals surface area contributed by atoms with Crippen LogP contribution in [0.3, 0.4) is 0 Å². The number of amides is 1. The zero-order valence-corrected chi connectivity index (χ0v) is 12.2. The summed E-state index contributed by atoms with van der Waals surface area (Å²) in [5.41, 5.74) is 0.592. The van der Waals surface area contributed by atoms with Gasteiger partial charge in [-0.2, -0.15) is 0 Å². The number of hydrogen-bond donors (Lipinski definition) is 1. The Balaban J connectivity index is 0.00000220. The van der Waals surface area contributed by atoms with Crippen LogP contribution >= 0.6 is 0 Å². The zero-order valence-electron chi connectivity index (χ0n) is 12.2. The van der Waals surface area contributed by atoms with E-state index in [1.54, 1.807) is 30.3 Å². The van der Waals surface area contributed by atoms with Crippen LogP contribution in [0.25, 0.3) is 0 Å². The average Bonchev–Trinajstić information content (AvgIpc) is 2.46. The van der Waals surface area contributed by atoms with Gasteiger partial charge in [-0.25, -0.2) is 0 Å². The molecular formula is C15H18LiNO4. The first-order valence-electron chi connectivity index (χ1n) is 6.79. The number of carboxylic acid groups (broad SMARTS) is 1. The molecule has 0 aromatic heterocycles. The first kappa shape index (κ1) is 17.8. The van der Waals surface area contributed by atoms with E-state index >= 15 is 0 Å². The van der Waals surface area contributed by atoms with Gasteiger partial charge in [0.1, 0.15) is 0 Å². The van der Waals surface area contributed by atoms with E-state index in [9.17, 15) is 14.7 Å². The van der Waals surface area contributed by atoms with Crippen molar-refractivity contribution in [3.63, 3.8) is 0 Å². The van der Waals surface area contributed by atoms with Crippen LogP contribution in [0.4, 0.5) is 0 Å². The van der Waals surface area contributed by atoms with Crippen molar-refractivity contribution in [1.82, 2.24) is 5.32 Å². The number of aliphatic carboxylic acids is 1. The summed E-state index contributed by atoms with van der Waals surface area (Å²) >= 11 is 0. The second-order valence-electron chi connectivity index (χ2n) is 4.94. The van der Waals surface area contributed by atoms with E-state index in [1.807, 2.05) is 0 Å². The third kappa shape index (κ3) is 5.54. The standard InChI is InChI=1S/C15H19NO4.Li/c17-14(16-12-6-8-20-9-7-12)10-13(15(18)19)11-4-2-1-3-5-11;/h1-5,12-13H,6-10H2,(H,16,17)(H,18,19);/q;+1/p-1. The molecule has 1 aromatic carbocycles. The van der Waals surface area contributed by atoms with Gasteiger partial charge in [-0.3, -0.25) is 4.79 Å². The number of carbonyl (C=O) groups is 2. The molecule has 1 N–H and O–H groups in total. The van der Waals surface area contributed by atoms with Crippen LogP contribution in [-0.2, 0) is 14.3 Å². The Morgan fingerprint density at radius 1 is 1.24 bits per heavy atom. The maximum atomic E-state index is 12.0. The maximum Gasteiger partial charge on any atom is 1.00 e. The molecule has 1 amide bonds. The van der Waals surface area contributed by atoms with Crippen molar-refractivity contribution in [3.8, 4) is 0 Å². The number of carbonyl (C=O) groups excluding carboxylic acids is 2. The summed E-state index contributed by atoms with van der Waals surface area (Å²) in [4.78, 5) is 23.2. The Morgan fingerprint density at radius 3 is 2.43 bits per heavy atom. The third-order valence-electron chi connectivity index (χ3n) is 3.46. The molecule has 21 heavy (non-hydrogen) atoms. The van der Waals surface area contributed by atoms with Crippen molar-refractivity contribution in [1.29, 1.82) is 0 Å². The fraction of sp³-hybridized carbons (Fsp3) is 0.467. The Labute approximate surface area is 136 Å². The minimum Gasteiger partial charge on any atom is -0.549 e. The van der Waals surface area contributed by atoms with Gasteiger partial charge >= 0.3 is 18.9 Å². The van der Waals surface area contributed by atoms with Crippen molar-refractivity contribution in [2.45, 2.75) is 31.2 Å². The third-order valence-corrected chi connectivity index (χ3v) is 3.46. The molecule has 1 fully saturated rings. The maximum absolute atomic E-state index is 12.0. The molecule has 0 radical (unpaired) electrons. The van der Waals surface area contributed by atoms with E-state index in [0.29, 0.717) is 18.8 Å². The topological polar surface area (TPSA) is 78.5 Å². The van der Waals surface area contributed by atoms with Crippen LogP contribution in [0.2, 0.25) is 0 Å². The molecule has 1 atom stereocenters. The van der Waals surface area contributed by atoms with Gasteiger partial charge in [0, 0.05) is 37.6 Å². The van der Waals surface area contributed by atoms with E-state index in [-0.39, 0.29) is 37.2 Å². The molecular weight excluding hydrogens is 265 g/mol. The van der Waals surface area contributed by atoms with Gasteiger partial charge in [-0.1, -0.05) is 30.3 Å². The van der Waals surface area contributed by atoms with Crippen LogP contribution in [-0.4, -0.2) is 31.1 Å². The molecule has 1 heterocycles. The van der Waals surface area contributed by atoms with Gasteiger partial charge < -0.3 is 20.0 Å². The zero-order chi connectivity index (χ0) is 14.4. The monoisotopic (exact) mass is 283 g/mol. The summed E-state index contributed by atoms with van der Waals surface area (Å²) in [6, 6.07) is 8.78. The fourth-order valence-corrected chi connectivity index (χ4v) is 2.34. The van der Waals surface area contributed by atoms with Crippen LogP contribution in [0.5, 0.6) is 0 Å². The number of carboxylic acids is 1. The second-order valence-corrected chi connectivity index (χ2v) is 4.94. The Morgan fingerprint density at radius 2 is 1.86 bits per heavy atom. The Hall–Kier alpha value is -1.28. The summed E-state index contributed by atoms with van der Waals surface area (Å²) in [5.74, 6) is -2.38. The molecule has 0 aliphatic carbocycles. The minimum absolute atomic E-state index is 0. The first-order valence-corrected chi connectivity index (χ1v) is 6.79. The Kier molecular flexibility index (Phi) is 7.52. The molecule has 1 aliphatic heterocycles. The summed E-state index contributed by atoms with van der Waals surface area (Å²) in [6.07, 6.45) is 1.45. The predicted octanol–water partition coefficient (Wildman–Crippen LogP) is -2.79. The molecule has 1 aliphatic rings. The van der Waals surface area contributed by atoms with E-state index < -0.39 is 11.9 Å². The van der Waals surface area contributed by atoms with E-state index in [2.05, 4.69) is 5.32 Å². The van der Waals surface area contributed by atoms with Gasteiger partial charge in [0.15, 0.2) is 0 Å². The molecule has 6 heteroatoms. The summed E-state index contributed by atoms with van der Waals surface area (Å²) in [6.45, 7) is 1.26. The van der Waals surface area contributed by atoms with Crippen molar-refractivity contribution in [2.24, 2.45) is 0 Å². The van der Waals surface area contributed by atoms with Crippen molar-refractivity contribution < 1.29 is 38.3 Å². The quantitative estimate of drug-likeness (QED) is 0.593. The molecule has 0 bridgehead atoms. The minimum atomic E-state index is -1.22. The second kappa shape index (κ2) is 8.88. The molecule has 0 saturated carbocycles. The average molecular weight is 283 g/mol. The largest absolute Gasteiger partial charge is 1.00 e. The van der Waals surface area contributed by atoms with Gasteiger partial charge in [0.05, 0.1) is 0 Å². The van der Waals surface area contributed by atoms with Crippen molar-refractivity contribution in [3.05, 3.63) is 35.9 Å². The molecule has 5 nitrogen and oxygen atoms in total. The molecule has 108 valence electrons. The number of ether oxygens (including phenoxy) is 1. The van der Waals surface area contributed by atoms with Crippen LogP contribution in [0.1, 0.15) is 30.7 Å². The molecule has 2 rings (SSSR count). The van der Waals surface area contributed by atoms with Crippen molar-refractivity contribution >= 4 is 11.9 Å². The number of benzene rings is 1. The summed E-state index contributed by atoms with van der Waals surface area (Å²) in [5, 5.41) is 14.1. The number of hydrogen-bond acceptors (Lipinski definition) is 4. The van der Waals surface area contributed by atoms with Gasteiger partial charge in [-0.05, 0) is 18.4 Å². The first-order chi connectivity index (χ1) is 9.66. The van der Waals surface area contributed by atoms with Gasteiger partial charge in [0.25, 0.3) is 0 Å². The smallest absolute Gasteiger partial charge is 0.549 e. The fourth-order valence-electron chi connectivity index (χ4n) is 2.34. The molecule has 0 spiro atoms.